The minimum Gasteiger partial charge on any atom is -0.618 e. The summed E-state index contributed by atoms with van der Waals surface area (Å²) in [5.74, 6) is -0.00262. The van der Waals surface area contributed by atoms with Crippen LogP contribution >= 0.6 is 11.8 Å². The number of hydrogen-bond acceptors (Lipinski definition) is 4. The fraction of sp³-hybridized carbons (Fsp3) is 0.0526. The van der Waals surface area contributed by atoms with Crippen LogP contribution in [0.2, 0.25) is 0 Å². The third-order valence-corrected chi connectivity index (χ3v) is 4.82. The van der Waals surface area contributed by atoms with Gasteiger partial charge in [0, 0.05) is 28.6 Å². The van der Waals surface area contributed by atoms with Gasteiger partial charge >= 0.3 is 0 Å². The van der Waals surface area contributed by atoms with Crippen molar-refractivity contribution in [3.63, 3.8) is 0 Å². The number of amides is 1. The Bertz CT molecular complexity index is 1070. The van der Waals surface area contributed by atoms with Crippen LogP contribution in [0.25, 0.3) is 21.9 Å². The zero-order valence-corrected chi connectivity index (χ0v) is 14.0. The van der Waals surface area contributed by atoms with Crippen LogP contribution in [0, 0.1) is 5.21 Å². The van der Waals surface area contributed by atoms with Gasteiger partial charge in [0.05, 0.1) is 5.75 Å². The van der Waals surface area contributed by atoms with Crippen molar-refractivity contribution < 1.29 is 13.9 Å². The first-order chi connectivity index (χ1) is 12.2. The number of furan rings is 1. The number of nitrogens with zero attached hydrogens (tertiary/aromatic N) is 1. The average Bonchev–Trinajstić information content (AvgIpc) is 2.99. The maximum absolute atomic E-state index is 12.2. The van der Waals surface area contributed by atoms with E-state index in [9.17, 15) is 10.0 Å². The predicted octanol–water partition coefficient (Wildman–Crippen LogP) is 3.95. The monoisotopic (exact) mass is 350 g/mol. The zero-order valence-electron chi connectivity index (χ0n) is 13.1. The molecular formula is C19H14N2O3S. The van der Waals surface area contributed by atoms with E-state index in [1.807, 2.05) is 42.5 Å². The lowest BCUT2D eigenvalue weighted by atomic mass is 10.1. The van der Waals surface area contributed by atoms with Crippen molar-refractivity contribution in [2.45, 2.75) is 5.03 Å². The van der Waals surface area contributed by atoms with E-state index in [-0.39, 0.29) is 11.7 Å². The number of fused-ring (bicyclic) bond motifs is 3. The highest BCUT2D eigenvalue weighted by molar-refractivity contribution is 7.99. The average molecular weight is 350 g/mol. The number of anilines is 1. The quantitative estimate of drug-likeness (QED) is 0.344. The number of para-hydroxylation sites is 1. The van der Waals surface area contributed by atoms with E-state index in [2.05, 4.69) is 5.32 Å². The van der Waals surface area contributed by atoms with Gasteiger partial charge in [-0.15, -0.1) is 0 Å². The largest absolute Gasteiger partial charge is 0.618 e. The summed E-state index contributed by atoms with van der Waals surface area (Å²) in [6.45, 7) is 0. The molecule has 1 amide bonds. The molecule has 0 spiro atoms. The Hall–Kier alpha value is -2.99. The van der Waals surface area contributed by atoms with Crippen molar-refractivity contribution in [2.75, 3.05) is 11.1 Å². The number of thioether (sulfide) groups is 1. The number of pyridine rings is 1. The molecule has 0 atom stereocenters. The molecule has 5 nitrogen and oxygen atoms in total. The first-order valence-corrected chi connectivity index (χ1v) is 8.71. The van der Waals surface area contributed by atoms with Gasteiger partial charge in [-0.3, -0.25) is 4.79 Å². The molecule has 4 aromatic rings. The summed E-state index contributed by atoms with van der Waals surface area (Å²) < 4.78 is 6.53. The molecule has 4 rings (SSSR count). The molecule has 0 aliphatic rings. The molecule has 0 aliphatic carbocycles. The van der Waals surface area contributed by atoms with Gasteiger partial charge in [0.15, 0.2) is 6.20 Å². The molecule has 0 saturated carbocycles. The van der Waals surface area contributed by atoms with Crippen molar-refractivity contribution in [2.24, 2.45) is 0 Å². The highest BCUT2D eigenvalue weighted by atomic mass is 32.2. The molecule has 0 fully saturated rings. The third-order valence-electron chi connectivity index (χ3n) is 3.80. The summed E-state index contributed by atoms with van der Waals surface area (Å²) in [5, 5.41) is 16.9. The molecule has 2 heterocycles. The molecule has 0 unspecified atom stereocenters. The highest BCUT2D eigenvalue weighted by Gasteiger charge is 2.11. The summed E-state index contributed by atoms with van der Waals surface area (Å²) >= 11 is 1.20. The van der Waals surface area contributed by atoms with Crippen LogP contribution in [0.3, 0.4) is 0 Å². The molecule has 1 N–H and O–H groups in total. The van der Waals surface area contributed by atoms with Crippen molar-refractivity contribution >= 4 is 45.3 Å². The van der Waals surface area contributed by atoms with Crippen LogP contribution in [-0.2, 0) is 4.79 Å². The Labute approximate surface area is 147 Å². The van der Waals surface area contributed by atoms with E-state index in [0.29, 0.717) is 10.7 Å². The van der Waals surface area contributed by atoms with Crippen LogP contribution in [0.5, 0.6) is 0 Å². The SMILES string of the molecule is O=C(CSc1cccc[n+]1[O-])Nc1ccc2oc3ccccc3c2c1. The standard InChI is InChI=1S/C19H14N2O3S/c22-18(12-25-19-7-3-4-10-21(19)23)20-13-8-9-17-15(11-13)14-5-1-2-6-16(14)24-17/h1-11H,12H2,(H,20,22). The minimum absolute atomic E-state index is 0.163. The van der Waals surface area contributed by atoms with E-state index in [1.165, 1.54) is 18.0 Å². The first kappa shape index (κ1) is 15.5. The van der Waals surface area contributed by atoms with Crippen molar-refractivity contribution in [3.8, 4) is 0 Å². The number of aromatic nitrogens is 1. The Kier molecular flexibility index (Phi) is 4.03. The van der Waals surface area contributed by atoms with Gasteiger partial charge in [0.2, 0.25) is 5.91 Å². The lowest BCUT2D eigenvalue weighted by molar-refractivity contribution is -0.645. The lowest BCUT2D eigenvalue weighted by Gasteiger charge is -2.05. The van der Waals surface area contributed by atoms with Crippen LogP contribution in [0.1, 0.15) is 0 Å². The summed E-state index contributed by atoms with van der Waals surface area (Å²) in [4.78, 5) is 12.2. The predicted molar refractivity (Wildman–Crippen MR) is 98.5 cm³/mol. The second kappa shape index (κ2) is 6.49. The highest BCUT2D eigenvalue weighted by Crippen LogP contribution is 2.30. The molecule has 0 bridgehead atoms. The van der Waals surface area contributed by atoms with Crippen molar-refractivity contribution in [3.05, 3.63) is 72.1 Å². The van der Waals surface area contributed by atoms with Crippen LogP contribution in [-0.4, -0.2) is 11.7 Å². The van der Waals surface area contributed by atoms with Crippen molar-refractivity contribution in [1.82, 2.24) is 0 Å². The fourth-order valence-corrected chi connectivity index (χ4v) is 3.38. The van der Waals surface area contributed by atoms with Gasteiger partial charge in [-0.1, -0.05) is 18.2 Å². The Balaban J connectivity index is 1.51. The number of carbonyl (C=O) groups is 1. The second-order valence-corrected chi connectivity index (χ2v) is 6.51. The molecule has 124 valence electrons. The fourth-order valence-electron chi connectivity index (χ4n) is 2.66. The Morgan fingerprint density at radius 1 is 1.04 bits per heavy atom. The topological polar surface area (TPSA) is 69.2 Å². The number of nitrogens with one attached hydrogen (secondary N) is 1. The molecule has 6 heteroatoms. The third kappa shape index (κ3) is 3.16. The normalized spacial score (nSPS) is 11.0. The maximum Gasteiger partial charge on any atom is 0.251 e. The van der Waals surface area contributed by atoms with Crippen LogP contribution in [0.15, 0.2) is 76.3 Å². The van der Waals surface area contributed by atoms with Gasteiger partial charge in [-0.25, -0.2) is 0 Å². The second-order valence-electron chi connectivity index (χ2n) is 5.51. The van der Waals surface area contributed by atoms with Gasteiger partial charge in [-0.05, 0) is 42.1 Å². The molecule has 25 heavy (non-hydrogen) atoms. The zero-order chi connectivity index (χ0) is 17.2. The summed E-state index contributed by atoms with van der Waals surface area (Å²) in [7, 11) is 0. The van der Waals surface area contributed by atoms with E-state index in [1.54, 1.807) is 18.2 Å². The summed E-state index contributed by atoms with van der Waals surface area (Å²) in [5.41, 5.74) is 2.30. The maximum atomic E-state index is 12.2. The van der Waals surface area contributed by atoms with E-state index in [4.69, 9.17) is 4.42 Å². The molecule has 2 aromatic heterocycles. The van der Waals surface area contributed by atoms with E-state index >= 15 is 0 Å². The number of rotatable bonds is 4. The number of hydrogen-bond donors (Lipinski definition) is 1. The first-order valence-electron chi connectivity index (χ1n) is 7.73. The van der Waals surface area contributed by atoms with E-state index in [0.717, 1.165) is 26.7 Å². The van der Waals surface area contributed by atoms with Gasteiger partial charge in [-0.2, -0.15) is 4.73 Å². The van der Waals surface area contributed by atoms with Gasteiger partial charge < -0.3 is 14.9 Å². The summed E-state index contributed by atoms with van der Waals surface area (Å²) in [6, 6.07) is 18.5. The molecule has 0 saturated heterocycles. The van der Waals surface area contributed by atoms with Crippen molar-refractivity contribution in [1.29, 1.82) is 0 Å². The van der Waals surface area contributed by atoms with Crippen LogP contribution < -0.4 is 10.0 Å². The molecule has 0 radical (unpaired) electrons. The Morgan fingerprint density at radius 3 is 2.72 bits per heavy atom. The Morgan fingerprint density at radius 2 is 1.84 bits per heavy atom. The number of carbonyl (C=O) groups excluding carboxylic acids is 1. The smallest absolute Gasteiger partial charge is 0.251 e. The minimum atomic E-state index is -0.166. The van der Waals surface area contributed by atoms with Gasteiger partial charge in [0.1, 0.15) is 11.2 Å². The molecular weight excluding hydrogens is 336 g/mol. The molecule has 2 aromatic carbocycles. The molecule has 0 aliphatic heterocycles. The van der Waals surface area contributed by atoms with Gasteiger partial charge in [0.25, 0.3) is 5.03 Å². The summed E-state index contributed by atoms with van der Waals surface area (Å²) in [6.07, 6.45) is 1.41. The number of benzene rings is 2. The van der Waals surface area contributed by atoms with Crippen LogP contribution in [0.4, 0.5) is 5.69 Å². The lowest BCUT2D eigenvalue weighted by Crippen LogP contribution is -2.28. The van der Waals surface area contributed by atoms with E-state index < -0.39 is 0 Å².